The van der Waals surface area contributed by atoms with E-state index in [0.29, 0.717) is 18.7 Å². The molecule has 26 heavy (non-hydrogen) atoms. The summed E-state index contributed by atoms with van der Waals surface area (Å²) in [6.45, 7) is 5.16. The Morgan fingerprint density at radius 3 is 2.65 bits per heavy atom. The summed E-state index contributed by atoms with van der Waals surface area (Å²) in [5.74, 6) is 0.799. The van der Waals surface area contributed by atoms with E-state index < -0.39 is 0 Å². The number of carbonyl (C=O) groups is 1. The van der Waals surface area contributed by atoms with Crippen molar-refractivity contribution in [3.63, 3.8) is 0 Å². The van der Waals surface area contributed by atoms with Crippen molar-refractivity contribution in [1.82, 2.24) is 9.88 Å². The average Bonchev–Trinajstić information content (AvgIpc) is 3.18. The van der Waals surface area contributed by atoms with Gasteiger partial charge in [0.1, 0.15) is 5.76 Å². The second-order valence-corrected chi connectivity index (χ2v) is 6.41. The molecule has 1 N–H and O–H groups in total. The van der Waals surface area contributed by atoms with Crippen LogP contribution >= 0.6 is 0 Å². The van der Waals surface area contributed by atoms with Gasteiger partial charge in [-0.1, -0.05) is 30.3 Å². The zero-order valence-electron chi connectivity index (χ0n) is 15.1. The Balaban J connectivity index is 1.73. The zero-order chi connectivity index (χ0) is 18.4. The standard InChI is InChI=1S/C21H23N3O2/c1-16(2)24(15-17-7-4-3-5-8-17)21(25)18-11-19(13-22-12-18)23-14-20-9-6-10-26-20/h3-13,16,23H,14-15H2,1-2H3. The van der Waals surface area contributed by atoms with Gasteiger partial charge in [-0.25, -0.2) is 0 Å². The molecule has 2 heterocycles. The van der Waals surface area contributed by atoms with Crippen molar-refractivity contribution in [2.45, 2.75) is 33.0 Å². The molecule has 3 rings (SSSR count). The number of hydrogen-bond acceptors (Lipinski definition) is 4. The number of nitrogens with one attached hydrogen (secondary N) is 1. The molecule has 134 valence electrons. The van der Waals surface area contributed by atoms with Gasteiger partial charge in [-0.15, -0.1) is 0 Å². The monoisotopic (exact) mass is 349 g/mol. The first-order chi connectivity index (χ1) is 12.6. The van der Waals surface area contributed by atoms with E-state index in [1.54, 1.807) is 18.7 Å². The number of furan rings is 1. The van der Waals surface area contributed by atoms with E-state index in [4.69, 9.17) is 4.42 Å². The van der Waals surface area contributed by atoms with Crippen molar-refractivity contribution in [3.05, 3.63) is 84.1 Å². The maximum Gasteiger partial charge on any atom is 0.256 e. The summed E-state index contributed by atoms with van der Waals surface area (Å²) >= 11 is 0. The molecule has 0 saturated heterocycles. The van der Waals surface area contributed by atoms with Gasteiger partial charge in [-0.3, -0.25) is 9.78 Å². The number of pyridine rings is 1. The Kier molecular flexibility index (Phi) is 5.69. The van der Waals surface area contributed by atoms with Crippen LogP contribution in [0.25, 0.3) is 0 Å². The minimum atomic E-state index is -0.0296. The molecule has 0 aliphatic rings. The largest absolute Gasteiger partial charge is 0.467 e. The third-order valence-corrected chi connectivity index (χ3v) is 4.11. The molecular formula is C21H23N3O2. The lowest BCUT2D eigenvalue weighted by Gasteiger charge is -2.27. The van der Waals surface area contributed by atoms with Gasteiger partial charge < -0.3 is 14.6 Å². The van der Waals surface area contributed by atoms with Crippen LogP contribution in [0, 0.1) is 0 Å². The fourth-order valence-electron chi connectivity index (χ4n) is 2.69. The molecule has 3 aromatic rings. The van der Waals surface area contributed by atoms with Crippen LogP contribution in [0.15, 0.2) is 71.6 Å². The molecule has 5 heteroatoms. The first kappa shape index (κ1) is 17.7. The van der Waals surface area contributed by atoms with E-state index in [9.17, 15) is 4.79 Å². The number of carbonyl (C=O) groups excluding carboxylic acids is 1. The smallest absolute Gasteiger partial charge is 0.256 e. The Bertz CT molecular complexity index is 829. The predicted molar refractivity (Wildman–Crippen MR) is 102 cm³/mol. The van der Waals surface area contributed by atoms with Crippen LogP contribution in [0.4, 0.5) is 5.69 Å². The molecule has 1 aromatic carbocycles. The molecule has 0 fully saturated rings. The van der Waals surface area contributed by atoms with Crippen LogP contribution in [0.2, 0.25) is 0 Å². The molecular weight excluding hydrogens is 326 g/mol. The van der Waals surface area contributed by atoms with Crippen LogP contribution in [-0.4, -0.2) is 21.8 Å². The van der Waals surface area contributed by atoms with Gasteiger partial charge in [0.15, 0.2) is 0 Å². The van der Waals surface area contributed by atoms with Gasteiger partial charge in [0.2, 0.25) is 0 Å². The molecule has 0 atom stereocenters. The second kappa shape index (κ2) is 8.34. The highest BCUT2D eigenvalue weighted by Crippen LogP contribution is 2.16. The van der Waals surface area contributed by atoms with Gasteiger partial charge in [0.05, 0.1) is 24.1 Å². The Morgan fingerprint density at radius 2 is 1.96 bits per heavy atom. The lowest BCUT2D eigenvalue weighted by molar-refractivity contribution is 0.0690. The van der Waals surface area contributed by atoms with E-state index in [2.05, 4.69) is 10.3 Å². The maximum atomic E-state index is 13.0. The number of nitrogens with zero attached hydrogens (tertiary/aromatic N) is 2. The normalized spacial score (nSPS) is 10.7. The van der Waals surface area contributed by atoms with Crippen molar-refractivity contribution in [2.75, 3.05) is 5.32 Å². The molecule has 0 saturated carbocycles. The number of benzene rings is 1. The molecule has 5 nitrogen and oxygen atoms in total. The van der Waals surface area contributed by atoms with Gasteiger partial charge in [0, 0.05) is 25.0 Å². The fraction of sp³-hybridized carbons (Fsp3) is 0.238. The van der Waals surface area contributed by atoms with Gasteiger partial charge in [-0.05, 0) is 37.6 Å². The molecule has 0 radical (unpaired) electrons. The van der Waals surface area contributed by atoms with Gasteiger partial charge >= 0.3 is 0 Å². The van der Waals surface area contributed by atoms with E-state index in [-0.39, 0.29) is 11.9 Å². The highest BCUT2D eigenvalue weighted by Gasteiger charge is 2.19. The first-order valence-corrected chi connectivity index (χ1v) is 8.69. The minimum absolute atomic E-state index is 0.0296. The van der Waals surface area contributed by atoms with Crippen molar-refractivity contribution in [3.8, 4) is 0 Å². The molecule has 0 bridgehead atoms. The first-order valence-electron chi connectivity index (χ1n) is 8.69. The molecule has 0 spiro atoms. The number of hydrogen-bond donors (Lipinski definition) is 1. The third-order valence-electron chi connectivity index (χ3n) is 4.11. The summed E-state index contributed by atoms with van der Waals surface area (Å²) in [6, 6.07) is 15.7. The summed E-state index contributed by atoms with van der Waals surface area (Å²) in [5.41, 5.74) is 2.46. The highest BCUT2D eigenvalue weighted by atomic mass is 16.3. The van der Waals surface area contributed by atoms with Crippen LogP contribution < -0.4 is 5.32 Å². The molecule has 0 aliphatic heterocycles. The predicted octanol–water partition coefficient (Wildman–Crippen LogP) is 4.34. The number of aromatic nitrogens is 1. The molecule has 0 unspecified atom stereocenters. The van der Waals surface area contributed by atoms with Crippen molar-refractivity contribution >= 4 is 11.6 Å². The van der Waals surface area contributed by atoms with Crippen molar-refractivity contribution in [2.24, 2.45) is 0 Å². The lowest BCUT2D eigenvalue weighted by Crippen LogP contribution is -2.36. The van der Waals surface area contributed by atoms with Crippen LogP contribution in [0.5, 0.6) is 0 Å². The van der Waals surface area contributed by atoms with Crippen LogP contribution in [0.3, 0.4) is 0 Å². The number of rotatable bonds is 7. The SMILES string of the molecule is CC(C)N(Cc1ccccc1)C(=O)c1cncc(NCc2ccco2)c1. The number of amides is 1. The lowest BCUT2D eigenvalue weighted by atomic mass is 10.1. The van der Waals surface area contributed by atoms with E-state index >= 15 is 0 Å². The van der Waals surface area contributed by atoms with Crippen molar-refractivity contribution < 1.29 is 9.21 Å². The topological polar surface area (TPSA) is 58.4 Å². The van der Waals surface area contributed by atoms with E-state index in [1.165, 1.54) is 0 Å². The minimum Gasteiger partial charge on any atom is -0.467 e. The summed E-state index contributed by atoms with van der Waals surface area (Å²) < 4.78 is 5.31. The van der Waals surface area contributed by atoms with E-state index in [0.717, 1.165) is 17.0 Å². The zero-order valence-corrected chi connectivity index (χ0v) is 15.1. The van der Waals surface area contributed by atoms with E-state index in [1.807, 2.05) is 67.3 Å². The Hall–Kier alpha value is -3.08. The van der Waals surface area contributed by atoms with Crippen molar-refractivity contribution in [1.29, 1.82) is 0 Å². The second-order valence-electron chi connectivity index (χ2n) is 6.41. The summed E-state index contributed by atoms with van der Waals surface area (Å²) in [6.07, 6.45) is 4.96. The van der Waals surface area contributed by atoms with Crippen LogP contribution in [-0.2, 0) is 13.1 Å². The third kappa shape index (κ3) is 4.51. The average molecular weight is 349 g/mol. The maximum absolute atomic E-state index is 13.0. The number of anilines is 1. The van der Waals surface area contributed by atoms with Crippen LogP contribution in [0.1, 0.15) is 35.5 Å². The fourth-order valence-corrected chi connectivity index (χ4v) is 2.69. The molecule has 2 aromatic heterocycles. The van der Waals surface area contributed by atoms with Gasteiger partial charge in [0.25, 0.3) is 5.91 Å². The molecule has 0 aliphatic carbocycles. The summed E-state index contributed by atoms with van der Waals surface area (Å²) in [7, 11) is 0. The quantitative estimate of drug-likeness (QED) is 0.689. The summed E-state index contributed by atoms with van der Waals surface area (Å²) in [4.78, 5) is 19.1. The Morgan fingerprint density at radius 1 is 1.15 bits per heavy atom. The Labute approximate surface area is 153 Å². The van der Waals surface area contributed by atoms with Gasteiger partial charge in [-0.2, -0.15) is 0 Å². The highest BCUT2D eigenvalue weighted by molar-refractivity contribution is 5.94. The molecule has 1 amide bonds. The summed E-state index contributed by atoms with van der Waals surface area (Å²) in [5, 5.41) is 3.23.